The van der Waals surface area contributed by atoms with Gasteiger partial charge in [-0.15, -0.1) is 0 Å². The Morgan fingerprint density at radius 3 is 2.50 bits per heavy atom. The lowest BCUT2D eigenvalue weighted by atomic mass is 10.1. The average molecular weight is 517 g/mol. The number of aliphatic hydroxyl groups excluding tert-OH is 2. The minimum atomic E-state index is -5.31. The summed E-state index contributed by atoms with van der Waals surface area (Å²) in [4.78, 5) is 39.3. The first-order chi connectivity index (χ1) is 16.0. The van der Waals surface area contributed by atoms with E-state index in [0.29, 0.717) is 17.9 Å². The lowest BCUT2D eigenvalue weighted by molar-refractivity contribution is -0.0503. The van der Waals surface area contributed by atoms with Crippen molar-refractivity contribution in [3.63, 3.8) is 0 Å². The van der Waals surface area contributed by atoms with E-state index >= 15 is 0 Å². The van der Waals surface area contributed by atoms with Gasteiger partial charge in [0.2, 0.25) is 0 Å². The van der Waals surface area contributed by atoms with Crippen LogP contribution >= 0.6 is 15.6 Å². The minimum absolute atomic E-state index is 0.279. The van der Waals surface area contributed by atoms with Crippen molar-refractivity contribution in [2.75, 3.05) is 11.9 Å². The average Bonchev–Trinajstić information content (AvgIpc) is 3.32. The van der Waals surface area contributed by atoms with Gasteiger partial charge < -0.3 is 34.9 Å². The Bertz CT molecular complexity index is 1240. The van der Waals surface area contributed by atoms with Crippen LogP contribution in [-0.4, -0.2) is 69.3 Å². The molecule has 3 aromatic rings. The summed E-state index contributed by atoms with van der Waals surface area (Å²) in [6.07, 6.45) is -3.02. The van der Waals surface area contributed by atoms with Crippen LogP contribution in [0.4, 0.5) is 5.82 Å². The molecule has 184 valence electrons. The van der Waals surface area contributed by atoms with Gasteiger partial charge in [0.25, 0.3) is 0 Å². The predicted molar refractivity (Wildman–Crippen MR) is 114 cm³/mol. The lowest BCUT2D eigenvalue weighted by Crippen LogP contribution is -2.33. The quantitative estimate of drug-likeness (QED) is 0.210. The highest BCUT2D eigenvalue weighted by Gasteiger charge is 2.46. The van der Waals surface area contributed by atoms with Gasteiger partial charge in [0.05, 0.1) is 12.9 Å². The molecule has 0 amide bonds. The number of imidazole rings is 1. The van der Waals surface area contributed by atoms with Crippen LogP contribution in [0.1, 0.15) is 11.8 Å². The van der Waals surface area contributed by atoms with Crippen LogP contribution < -0.4 is 5.32 Å². The Balaban J connectivity index is 1.48. The maximum absolute atomic E-state index is 11.6. The van der Waals surface area contributed by atoms with Gasteiger partial charge >= 0.3 is 15.6 Å². The zero-order valence-electron chi connectivity index (χ0n) is 17.2. The van der Waals surface area contributed by atoms with Crippen LogP contribution in [0.15, 0.2) is 43.0 Å². The number of nitrogens with one attached hydrogen (secondary N) is 1. The van der Waals surface area contributed by atoms with Gasteiger partial charge in [-0.3, -0.25) is 9.09 Å². The van der Waals surface area contributed by atoms with Gasteiger partial charge in [-0.1, -0.05) is 30.3 Å². The van der Waals surface area contributed by atoms with Crippen LogP contribution in [0.25, 0.3) is 11.2 Å². The van der Waals surface area contributed by atoms with Crippen LogP contribution in [0, 0.1) is 0 Å². The molecule has 34 heavy (non-hydrogen) atoms. The van der Waals surface area contributed by atoms with Crippen LogP contribution in [-0.2, 0) is 29.2 Å². The van der Waals surface area contributed by atoms with Crippen molar-refractivity contribution in [2.45, 2.75) is 31.1 Å². The zero-order valence-corrected chi connectivity index (χ0v) is 19.0. The molecule has 2 aromatic heterocycles. The van der Waals surface area contributed by atoms with Crippen molar-refractivity contribution >= 4 is 32.6 Å². The van der Waals surface area contributed by atoms with Crippen LogP contribution in [0.5, 0.6) is 0 Å². The Hall–Kier alpha value is -2.29. The second kappa shape index (κ2) is 9.76. The molecular formula is C17H21N5O10P2. The Morgan fingerprint density at radius 1 is 1.06 bits per heavy atom. The summed E-state index contributed by atoms with van der Waals surface area (Å²) >= 11 is 0. The SMILES string of the molecule is O=P(O)(O)OP(=O)(O)OC[C@H]1O[C@@H](n2cnc3c(NCc4ccccc4)ncnc32)C(O)[C@H]1O. The summed E-state index contributed by atoms with van der Waals surface area (Å²) in [5, 5.41) is 23.9. The van der Waals surface area contributed by atoms with Crippen LogP contribution in [0.2, 0.25) is 0 Å². The highest BCUT2D eigenvalue weighted by atomic mass is 31.3. The van der Waals surface area contributed by atoms with Crippen molar-refractivity contribution < 1.29 is 47.6 Å². The third kappa shape index (κ3) is 5.67. The van der Waals surface area contributed by atoms with E-state index in [1.807, 2.05) is 30.3 Å². The molecule has 0 bridgehead atoms. The number of rotatable bonds is 9. The summed E-state index contributed by atoms with van der Waals surface area (Å²) in [5.41, 5.74) is 1.66. The smallest absolute Gasteiger partial charge is 0.387 e. The number of aliphatic hydroxyl groups is 2. The second-order valence-electron chi connectivity index (χ2n) is 7.27. The summed E-state index contributed by atoms with van der Waals surface area (Å²) in [6, 6.07) is 9.58. The number of aromatic nitrogens is 4. The molecule has 3 heterocycles. The molecule has 1 aromatic carbocycles. The molecule has 1 fully saturated rings. The monoisotopic (exact) mass is 517 g/mol. The fourth-order valence-corrected chi connectivity index (χ4v) is 4.97. The van der Waals surface area contributed by atoms with Crippen molar-refractivity contribution in [3.05, 3.63) is 48.5 Å². The molecule has 0 aliphatic carbocycles. The topological polar surface area (TPSA) is 219 Å². The highest BCUT2D eigenvalue weighted by Crippen LogP contribution is 2.57. The minimum Gasteiger partial charge on any atom is -0.387 e. The summed E-state index contributed by atoms with van der Waals surface area (Å²) in [5.74, 6) is 0.427. The molecule has 0 spiro atoms. The number of phosphoric ester groups is 1. The van der Waals surface area contributed by atoms with E-state index in [9.17, 15) is 24.2 Å². The summed E-state index contributed by atoms with van der Waals surface area (Å²) in [7, 11) is -10.5. The number of ether oxygens (including phenoxy) is 1. The standard InChI is InChI=1S/C17H21N5O10P2/c23-13-11(7-30-34(28,29)32-33(25,26)27)31-17(14(13)24)22-9-21-12-15(19-8-20-16(12)22)18-6-10-4-2-1-3-5-10/h1-5,8-9,11,13-14,17,23-24H,6-7H2,(H,28,29)(H,18,19,20)(H2,25,26,27)/t11-,13+,14?,17-/m1/s1. The van der Waals surface area contributed by atoms with Crippen molar-refractivity contribution in [1.82, 2.24) is 19.5 Å². The fourth-order valence-electron chi connectivity index (χ4n) is 3.37. The number of phosphoric acid groups is 2. The first-order valence-corrected chi connectivity index (χ1v) is 12.8. The first-order valence-electron chi connectivity index (χ1n) is 9.75. The number of hydrogen-bond donors (Lipinski definition) is 6. The van der Waals surface area contributed by atoms with Gasteiger partial charge in [-0.2, -0.15) is 4.31 Å². The fraction of sp³-hybridized carbons (Fsp3) is 0.353. The van der Waals surface area contributed by atoms with Crippen molar-refractivity contribution in [2.24, 2.45) is 0 Å². The second-order valence-corrected chi connectivity index (χ2v) is 10.1. The summed E-state index contributed by atoms with van der Waals surface area (Å²) < 4.78 is 37.5. The molecule has 0 radical (unpaired) electrons. The van der Waals surface area contributed by atoms with Crippen molar-refractivity contribution in [3.8, 4) is 0 Å². The van der Waals surface area contributed by atoms with E-state index in [1.54, 1.807) is 0 Å². The molecule has 0 saturated carbocycles. The molecule has 1 aliphatic rings. The van der Waals surface area contributed by atoms with E-state index in [-0.39, 0.29) is 5.65 Å². The van der Waals surface area contributed by atoms with Gasteiger partial charge in [-0.25, -0.2) is 24.1 Å². The normalized spacial score (nSPS) is 24.9. The summed E-state index contributed by atoms with van der Waals surface area (Å²) in [6.45, 7) is -0.341. The Labute approximate surface area is 191 Å². The molecular weight excluding hydrogens is 496 g/mol. The predicted octanol–water partition coefficient (Wildman–Crippen LogP) is 0.284. The number of hydrogen-bond acceptors (Lipinski definition) is 11. The number of nitrogens with zero attached hydrogens (tertiary/aromatic N) is 4. The van der Waals surface area contributed by atoms with Gasteiger partial charge in [0, 0.05) is 6.54 Å². The lowest BCUT2D eigenvalue weighted by Gasteiger charge is -2.17. The molecule has 5 atom stereocenters. The van der Waals surface area contributed by atoms with E-state index in [2.05, 4.69) is 29.1 Å². The molecule has 1 aliphatic heterocycles. The molecule has 1 saturated heterocycles. The maximum Gasteiger partial charge on any atom is 0.481 e. The maximum atomic E-state index is 11.6. The van der Waals surface area contributed by atoms with Gasteiger partial charge in [0.15, 0.2) is 23.2 Å². The molecule has 4 rings (SSSR count). The number of benzene rings is 1. The van der Waals surface area contributed by atoms with E-state index < -0.39 is 46.8 Å². The van der Waals surface area contributed by atoms with E-state index in [4.69, 9.17) is 14.5 Å². The molecule has 17 heteroatoms. The molecule has 2 unspecified atom stereocenters. The first kappa shape index (κ1) is 24.8. The van der Waals surface area contributed by atoms with Gasteiger partial charge in [0.1, 0.15) is 24.6 Å². The third-order valence-corrected chi connectivity index (χ3v) is 7.04. The number of fused-ring (bicyclic) bond motifs is 1. The van der Waals surface area contributed by atoms with E-state index in [1.165, 1.54) is 17.2 Å². The third-order valence-electron chi connectivity index (χ3n) is 4.88. The molecule has 6 N–H and O–H groups in total. The highest BCUT2D eigenvalue weighted by molar-refractivity contribution is 7.60. The van der Waals surface area contributed by atoms with Crippen molar-refractivity contribution in [1.29, 1.82) is 0 Å². The van der Waals surface area contributed by atoms with Gasteiger partial charge in [-0.05, 0) is 5.56 Å². The van der Waals surface area contributed by atoms with Crippen LogP contribution in [0.3, 0.4) is 0 Å². The number of anilines is 1. The van der Waals surface area contributed by atoms with E-state index in [0.717, 1.165) is 5.56 Å². The molecule has 15 nitrogen and oxygen atoms in total. The zero-order chi connectivity index (χ0) is 24.5. The Kier molecular flexibility index (Phi) is 7.12. The largest absolute Gasteiger partial charge is 0.481 e. The Morgan fingerprint density at radius 2 is 1.79 bits per heavy atom.